The second-order valence-corrected chi connectivity index (χ2v) is 10.00. The molecule has 0 aliphatic carbocycles. The lowest BCUT2D eigenvalue weighted by atomic mass is 10.0. The van der Waals surface area contributed by atoms with Gasteiger partial charge in [0.1, 0.15) is 17.2 Å². The second kappa shape index (κ2) is 10.0. The topological polar surface area (TPSA) is 67.2 Å². The van der Waals surface area contributed by atoms with Crippen LogP contribution in [0.1, 0.15) is 27.0 Å². The highest BCUT2D eigenvalue weighted by atomic mass is 16.5. The minimum atomic E-state index is -0.172. The number of ketones is 1. The summed E-state index contributed by atoms with van der Waals surface area (Å²) in [4.78, 5) is 18.1. The van der Waals surface area contributed by atoms with Crippen LogP contribution in [0.15, 0.2) is 72.6 Å². The van der Waals surface area contributed by atoms with Gasteiger partial charge in [0.25, 0.3) is 0 Å². The van der Waals surface area contributed by atoms with Crippen molar-refractivity contribution in [3.05, 3.63) is 94.9 Å². The summed E-state index contributed by atoms with van der Waals surface area (Å²) in [7, 11) is 3.61. The second-order valence-electron chi connectivity index (χ2n) is 10.00. The molecular weight excluding hydrogens is 478 g/mol. The van der Waals surface area contributed by atoms with Crippen LogP contribution in [0.3, 0.4) is 0 Å². The minimum Gasteiger partial charge on any atom is -0.507 e. The number of aryl methyl sites for hydroxylation is 1. The van der Waals surface area contributed by atoms with Gasteiger partial charge in [-0.15, -0.1) is 0 Å². The monoisotopic (exact) mass is 509 g/mol. The largest absolute Gasteiger partial charge is 0.507 e. The Morgan fingerprint density at radius 2 is 1.71 bits per heavy atom. The number of benzene rings is 3. The summed E-state index contributed by atoms with van der Waals surface area (Å²) in [5.74, 6) is 1.45. The number of ether oxygens (including phenoxy) is 2. The Hall–Kier alpha value is -4.07. The lowest BCUT2D eigenvalue weighted by molar-refractivity contribution is 0.101. The van der Waals surface area contributed by atoms with Crippen molar-refractivity contribution in [2.75, 3.05) is 33.3 Å². The fourth-order valence-corrected chi connectivity index (χ4v) is 5.41. The van der Waals surface area contributed by atoms with Crippen LogP contribution >= 0.6 is 0 Å². The number of carbonyl (C=O) groups is 1. The number of Topliss-reactive ketones (excluding diaryl/α,β-unsaturated/α-hetero) is 1. The molecule has 0 atom stereocenters. The predicted octanol–water partition coefficient (Wildman–Crippen LogP) is 4.83. The van der Waals surface area contributed by atoms with Gasteiger partial charge in [0.2, 0.25) is 5.78 Å². The van der Waals surface area contributed by atoms with Crippen LogP contribution in [0, 0.1) is 0 Å². The molecule has 7 nitrogen and oxygen atoms in total. The average molecular weight is 510 g/mol. The van der Waals surface area contributed by atoms with Gasteiger partial charge < -0.3 is 19.1 Å². The third-order valence-electron chi connectivity index (χ3n) is 7.53. The van der Waals surface area contributed by atoms with E-state index in [4.69, 9.17) is 9.47 Å². The molecule has 38 heavy (non-hydrogen) atoms. The third kappa shape index (κ3) is 4.55. The lowest BCUT2D eigenvalue weighted by Gasteiger charge is -2.35. The third-order valence-corrected chi connectivity index (χ3v) is 7.53. The smallest absolute Gasteiger partial charge is 0.231 e. The van der Waals surface area contributed by atoms with E-state index in [1.165, 1.54) is 5.56 Å². The molecule has 0 unspecified atom stereocenters. The molecule has 3 aromatic carbocycles. The van der Waals surface area contributed by atoms with Crippen LogP contribution in [-0.2, 0) is 20.1 Å². The van der Waals surface area contributed by atoms with Crippen molar-refractivity contribution in [3.63, 3.8) is 0 Å². The molecule has 2 aliphatic heterocycles. The van der Waals surface area contributed by atoms with Crippen LogP contribution in [0.4, 0.5) is 0 Å². The molecule has 0 spiro atoms. The Bertz CT molecular complexity index is 1530. The van der Waals surface area contributed by atoms with Gasteiger partial charge in [0, 0.05) is 69.0 Å². The maximum atomic E-state index is 13.3. The van der Waals surface area contributed by atoms with Crippen molar-refractivity contribution in [2.24, 2.45) is 7.05 Å². The summed E-state index contributed by atoms with van der Waals surface area (Å²) >= 11 is 0. The summed E-state index contributed by atoms with van der Waals surface area (Å²) in [6, 6.07) is 19.6. The highest BCUT2D eigenvalue weighted by Gasteiger charge is 2.32. The summed E-state index contributed by atoms with van der Waals surface area (Å²) in [6.07, 6.45) is 3.76. The molecule has 6 rings (SSSR count). The number of methoxy groups -OCH3 is 1. The zero-order chi connectivity index (χ0) is 26.2. The average Bonchev–Trinajstić information content (AvgIpc) is 3.42. The quantitative estimate of drug-likeness (QED) is 0.376. The molecule has 0 amide bonds. The van der Waals surface area contributed by atoms with E-state index in [0.29, 0.717) is 23.4 Å². The van der Waals surface area contributed by atoms with E-state index >= 15 is 0 Å². The highest BCUT2D eigenvalue weighted by molar-refractivity contribution is 6.15. The van der Waals surface area contributed by atoms with Crippen molar-refractivity contribution in [2.45, 2.75) is 13.1 Å². The van der Waals surface area contributed by atoms with Gasteiger partial charge in [0.15, 0.2) is 5.76 Å². The first-order chi connectivity index (χ1) is 18.5. The number of hydrogen-bond acceptors (Lipinski definition) is 6. The zero-order valence-electron chi connectivity index (χ0n) is 21.7. The molecule has 4 aromatic rings. The molecule has 7 heteroatoms. The van der Waals surface area contributed by atoms with Gasteiger partial charge >= 0.3 is 0 Å². The first-order valence-electron chi connectivity index (χ1n) is 12.9. The Morgan fingerprint density at radius 3 is 2.45 bits per heavy atom. The van der Waals surface area contributed by atoms with Gasteiger partial charge in [0.05, 0.1) is 18.2 Å². The fraction of sp³-hybridized carbons (Fsp3) is 0.258. The van der Waals surface area contributed by atoms with Gasteiger partial charge in [-0.2, -0.15) is 0 Å². The van der Waals surface area contributed by atoms with Crippen molar-refractivity contribution in [3.8, 4) is 17.2 Å². The van der Waals surface area contributed by atoms with Crippen molar-refractivity contribution in [1.82, 2.24) is 14.4 Å². The van der Waals surface area contributed by atoms with Crippen LogP contribution in [0.2, 0.25) is 0 Å². The maximum absolute atomic E-state index is 13.3. The van der Waals surface area contributed by atoms with Crippen LogP contribution in [-0.4, -0.2) is 58.5 Å². The number of nitrogens with zero attached hydrogens (tertiary/aromatic N) is 3. The van der Waals surface area contributed by atoms with Crippen LogP contribution < -0.4 is 9.47 Å². The molecule has 0 bridgehead atoms. The summed E-state index contributed by atoms with van der Waals surface area (Å²) in [5.41, 5.74) is 4.37. The van der Waals surface area contributed by atoms with Gasteiger partial charge in [-0.3, -0.25) is 14.6 Å². The molecule has 1 N–H and O–H groups in total. The number of rotatable bonds is 6. The molecule has 0 radical (unpaired) electrons. The molecule has 1 aromatic heterocycles. The van der Waals surface area contributed by atoms with Crippen LogP contribution in [0.5, 0.6) is 17.2 Å². The molecule has 2 aliphatic rings. The number of phenolic OH excluding ortho intramolecular Hbond substituents is 1. The van der Waals surface area contributed by atoms with Crippen molar-refractivity contribution < 1.29 is 19.4 Å². The predicted molar refractivity (Wildman–Crippen MR) is 148 cm³/mol. The van der Waals surface area contributed by atoms with E-state index in [2.05, 4.69) is 34.1 Å². The lowest BCUT2D eigenvalue weighted by Crippen LogP contribution is -2.45. The van der Waals surface area contributed by atoms with E-state index in [1.807, 2.05) is 42.1 Å². The van der Waals surface area contributed by atoms with E-state index in [9.17, 15) is 9.90 Å². The minimum absolute atomic E-state index is 0.152. The SMILES string of the molecule is COc1ccc2c(c1)c(/C=C1\Oc3c(ccc(O)c3CN3CCN(Cc4ccccc4)CC3)C1=O)cn2C. The zero-order valence-corrected chi connectivity index (χ0v) is 21.7. The summed E-state index contributed by atoms with van der Waals surface area (Å²) in [6.45, 7) is 5.11. The first-order valence-corrected chi connectivity index (χ1v) is 12.9. The van der Waals surface area contributed by atoms with E-state index in [1.54, 1.807) is 25.3 Å². The first kappa shape index (κ1) is 24.3. The molecule has 1 fully saturated rings. The number of hydrogen-bond donors (Lipinski definition) is 1. The maximum Gasteiger partial charge on any atom is 0.231 e. The van der Waals surface area contributed by atoms with Crippen LogP contribution in [0.25, 0.3) is 17.0 Å². The Balaban J connectivity index is 1.21. The van der Waals surface area contributed by atoms with Crippen molar-refractivity contribution >= 4 is 22.8 Å². The fourth-order valence-electron chi connectivity index (χ4n) is 5.41. The molecule has 194 valence electrons. The Morgan fingerprint density at radius 1 is 0.974 bits per heavy atom. The van der Waals surface area contributed by atoms with E-state index in [-0.39, 0.29) is 17.3 Å². The van der Waals surface area contributed by atoms with E-state index in [0.717, 1.165) is 54.9 Å². The van der Waals surface area contributed by atoms with Gasteiger partial charge in [-0.25, -0.2) is 0 Å². The molecular formula is C31H31N3O4. The standard InChI is InChI=1S/C31H31N3O4/c1-32-19-22(25-17-23(37-2)8-10-27(25)32)16-29-30(36)24-9-11-28(35)26(31(24)38-29)20-34-14-12-33(13-15-34)18-21-6-4-3-5-7-21/h3-11,16-17,19,35H,12-15,18,20H2,1-2H3/b29-16-. The van der Waals surface area contributed by atoms with E-state index < -0.39 is 0 Å². The van der Waals surface area contributed by atoms with Gasteiger partial charge in [-0.05, 0) is 42.0 Å². The molecule has 0 saturated carbocycles. The Labute approximate surface area is 222 Å². The Kier molecular flexibility index (Phi) is 6.39. The number of fused-ring (bicyclic) bond motifs is 2. The highest BCUT2D eigenvalue weighted by Crippen LogP contribution is 2.41. The molecule has 1 saturated heterocycles. The number of aromatic nitrogens is 1. The number of aromatic hydroxyl groups is 1. The normalized spacial score (nSPS) is 17.2. The summed E-state index contributed by atoms with van der Waals surface area (Å²) < 4.78 is 13.6. The summed E-state index contributed by atoms with van der Waals surface area (Å²) in [5, 5.41) is 11.7. The number of allylic oxidation sites excluding steroid dienone is 1. The van der Waals surface area contributed by atoms with Gasteiger partial charge in [-0.1, -0.05) is 30.3 Å². The van der Waals surface area contributed by atoms with Crippen molar-refractivity contribution in [1.29, 1.82) is 0 Å². The number of phenols is 1. The number of carbonyl (C=O) groups excluding carboxylic acids is 1. The number of piperazine rings is 1. The molecule has 3 heterocycles.